The van der Waals surface area contributed by atoms with Crippen LogP contribution < -0.4 is 0 Å². The molecule has 4 atom stereocenters. The van der Waals surface area contributed by atoms with E-state index in [9.17, 15) is 19.5 Å². The molecule has 2 aromatic carbocycles. The molecule has 34 heavy (non-hydrogen) atoms. The van der Waals surface area contributed by atoms with Crippen molar-refractivity contribution in [2.45, 2.75) is 57.5 Å². The number of hydrogen-bond acceptors (Lipinski definition) is 4. The van der Waals surface area contributed by atoms with E-state index in [4.69, 9.17) is 27.9 Å². The number of nitrogens with zero attached hydrogens (tertiary/aromatic N) is 1. The van der Waals surface area contributed by atoms with E-state index in [0.29, 0.717) is 29.3 Å². The van der Waals surface area contributed by atoms with Gasteiger partial charge in [-0.15, -0.1) is 0 Å². The van der Waals surface area contributed by atoms with Crippen LogP contribution in [-0.4, -0.2) is 40.5 Å². The van der Waals surface area contributed by atoms with Gasteiger partial charge in [-0.1, -0.05) is 60.8 Å². The van der Waals surface area contributed by atoms with Crippen molar-refractivity contribution in [3.63, 3.8) is 0 Å². The molecular weight excluding hydrogens is 477 g/mol. The van der Waals surface area contributed by atoms with Crippen molar-refractivity contribution in [2.75, 3.05) is 6.61 Å². The van der Waals surface area contributed by atoms with Gasteiger partial charge in [0.05, 0.1) is 19.1 Å². The number of benzene rings is 2. The van der Waals surface area contributed by atoms with Gasteiger partial charge in [-0.05, 0) is 55.2 Å². The van der Waals surface area contributed by atoms with Crippen LogP contribution in [0.1, 0.15) is 62.6 Å². The van der Waals surface area contributed by atoms with Crippen LogP contribution in [0.3, 0.4) is 0 Å². The molecule has 0 aliphatic carbocycles. The number of carbonyl (C=O) groups excluding carboxylic acids is 2. The minimum atomic E-state index is -1.06. The third kappa shape index (κ3) is 5.91. The largest absolute Gasteiger partial charge is 0.481 e. The van der Waals surface area contributed by atoms with E-state index in [2.05, 4.69) is 0 Å². The molecule has 8 heteroatoms. The van der Waals surface area contributed by atoms with Crippen LogP contribution in [0.4, 0.5) is 0 Å². The first-order chi connectivity index (χ1) is 16.3. The smallest absolute Gasteiger partial charge is 0.328 e. The standard InChI is InChI=1S/C26H29Cl2NO5/c1-3-6-22(26(33)34-4-2)29-24(16-9-11-19(27)12-10-16)21(17-7-5-8-20(28)13-17)14-18(25(29)32)15-23(30)31/h5,7-13,18,21-22,24H,3-4,6,14-15H2,1-2H3,(H,30,31)/t18-,21-,22+,24?/m0/s1. The van der Waals surface area contributed by atoms with Gasteiger partial charge in [0.15, 0.2) is 0 Å². The van der Waals surface area contributed by atoms with Gasteiger partial charge in [-0.3, -0.25) is 9.59 Å². The number of aliphatic carboxylic acids is 1. The van der Waals surface area contributed by atoms with E-state index >= 15 is 0 Å². The fourth-order valence-corrected chi connectivity index (χ4v) is 5.12. The number of halogens is 2. The molecular formula is C26H29Cl2NO5. The van der Waals surface area contributed by atoms with Gasteiger partial charge in [-0.25, -0.2) is 4.79 Å². The number of hydrogen-bond donors (Lipinski definition) is 1. The maximum atomic E-state index is 13.8. The summed E-state index contributed by atoms with van der Waals surface area (Å²) in [4.78, 5) is 40.0. The molecule has 1 fully saturated rings. The normalized spacial score (nSPS) is 21.2. The van der Waals surface area contributed by atoms with Crippen LogP contribution >= 0.6 is 23.2 Å². The monoisotopic (exact) mass is 505 g/mol. The van der Waals surface area contributed by atoms with Crippen LogP contribution in [0.25, 0.3) is 0 Å². The van der Waals surface area contributed by atoms with E-state index < -0.39 is 29.9 Å². The van der Waals surface area contributed by atoms with Gasteiger partial charge in [0, 0.05) is 21.9 Å². The lowest BCUT2D eigenvalue weighted by molar-refractivity contribution is -0.164. The topological polar surface area (TPSA) is 83.9 Å². The molecule has 6 nitrogen and oxygen atoms in total. The zero-order valence-corrected chi connectivity index (χ0v) is 20.8. The molecule has 182 valence electrons. The second-order valence-corrected chi connectivity index (χ2v) is 9.36. The maximum Gasteiger partial charge on any atom is 0.328 e. The number of ether oxygens (including phenoxy) is 1. The van der Waals surface area contributed by atoms with Gasteiger partial charge in [0.1, 0.15) is 6.04 Å². The Balaban J connectivity index is 2.21. The molecule has 0 aromatic heterocycles. The molecule has 2 aromatic rings. The van der Waals surface area contributed by atoms with Crippen molar-refractivity contribution in [1.82, 2.24) is 4.90 Å². The van der Waals surface area contributed by atoms with Crippen LogP contribution in [0.2, 0.25) is 10.0 Å². The lowest BCUT2D eigenvalue weighted by Crippen LogP contribution is -2.54. The van der Waals surface area contributed by atoms with Crippen molar-refractivity contribution in [2.24, 2.45) is 5.92 Å². The number of carboxylic acid groups (broad SMARTS) is 1. The summed E-state index contributed by atoms with van der Waals surface area (Å²) in [7, 11) is 0. The SMILES string of the molecule is CCC[C@H](C(=O)OCC)N1C(=O)[C@H](CC(=O)O)C[C@@H](c2cccc(Cl)c2)C1c1ccc(Cl)cc1. The number of esters is 1. The second-order valence-electron chi connectivity index (χ2n) is 8.49. The Bertz CT molecular complexity index is 1030. The number of piperidine rings is 1. The number of amides is 1. The molecule has 1 aliphatic heterocycles. The number of carbonyl (C=O) groups is 3. The van der Waals surface area contributed by atoms with Crippen LogP contribution in [0.5, 0.6) is 0 Å². The summed E-state index contributed by atoms with van der Waals surface area (Å²) in [5, 5.41) is 10.6. The van der Waals surface area contributed by atoms with Crippen molar-refractivity contribution in [3.8, 4) is 0 Å². The summed E-state index contributed by atoms with van der Waals surface area (Å²) in [5.41, 5.74) is 1.68. The van der Waals surface area contributed by atoms with Gasteiger partial charge in [-0.2, -0.15) is 0 Å². The van der Waals surface area contributed by atoms with Crippen molar-refractivity contribution in [1.29, 1.82) is 0 Å². The Morgan fingerprint density at radius 3 is 2.38 bits per heavy atom. The van der Waals surface area contributed by atoms with Crippen molar-refractivity contribution < 1.29 is 24.2 Å². The first-order valence-corrected chi connectivity index (χ1v) is 12.2. The number of carboxylic acids is 1. The predicted molar refractivity (Wildman–Crippen MR) is 131 cm³/mol. The Hall–Kier alpha value is -2.57. The highest BCUT2D eigenvalue weighted by molar-refractivity contribution is 6.30. The van der Waals surface area contributed by atoms with E-state index in [1.54, 1.807) is 30.0 Å². The van der Waals surface area contributed by atoms with Crippen LogP contribution in [0.15, 0.2) is 48.5 Å². The Labute approximate surface area is 209 Å². The predicted octanol–water partition coefficient (Wildman–Crippen LogP) is 5.87. The molecule has 3 rings (SSSR count). The van der Waals surface area contributed by atoms with Crippen molar-refractivity contribution in [3.05, 3.63) is 69.7 Å². The Morgan fingerprint density at radius 2 is 1.79 bits per heavy atom. The molecule has 0 spiro atoms. The van der Waals surface area contributed by atoms with E-state index in [-0.39, 0.29) is 24.9 Å². The lowest BCUT2D eigenvalue weighted by Gasteiger charge is -2.47. The van der Waals surface area contributed by atoms with Crippen LogP contribution in [-0.2, 0) is 19.1 Å². The minimum Gasteiger partial charge on any atom is -0.481 e. The summed E-state index contributed by atoms with van der Waals surface area (Å²) < 4.78 is 5.35. The molecule has 0 saturated carbocycles. The van der Waals surface area contributed by atoms with Crippen molar-refractivity contribution >= 4 is 41.0 Å². The third-order valence-corrected chi connectivity index (χ3v) is 6.68. The zero-order chi connectivity index (χ0) is 24.8. The molecule has 1 unspecified atom stereocenters. The Morgan fingerprint density at radius 1 is 1.09 bits per heavy atom. The molecule has 0 radical (unpaired) electrons. The second kappa shape index (κ2) is 11.7. The highest BCUT2D eigenvalue weighted by Crippen LogP contribution is 2.47. The molecule has 1 N–H and O–H groups in total. The Kier molecular flexibility index (Phi) is 8.97. The van der Waals surface area contributed by atoms with E-state index in [0.717, 1.165) is 11.1 Å². The average molecular weight is 506 g/mol. The fraction of sp³-hybridized carbons (Fsp3) is 0.423. The number of rotatable bonds is 9. The van der Waals surface area contributed by atoms with Gasteiger partial charge in [0.2, 0.25) is 5.91 Å². The highest BCUT2D eigenvalue weighted by Gasteiger charge is 2.48. The summed E-state index contributed by atoms with van der Waals surface area (Å²) in [6.07, 6.45) is 1.04. The van der Waals surface area contributed by atoms with Gasteiger partial charge < -0.3 is 14.7 Å². The molecule has 0 bridgehead atoms. The molecule has 1 saturated heterocycles. The highest BCUT2D eigenvalue weighted by atomic mass is 35.5. The molecule has 1 aliphatic rings. The van der Waals surface area contributed by atoms with E-state index in [1.807, 2.05) is 37.3 Å². The maximum absolute atomic E-state index is 13.8. The summed E-state index contributed by atoms with van der Waals surface area (Å²) in [6, 6.07) is 13.2. The summed E-state index contributed by atoms with van der Waals surface area (Å²) >= 11 is 12.4. The van der Waals surface area contributed by atoms with E-state index in [1.165, 1.54) is 0 Å². The fourth-order valence-electron chi connectivity index (χ4n) is 4.80. The summed E-state index contributed by atoms with van der Waals surface area (Å²) in [5.74, 6) is -2.96. The zero-order valence-electron chi connectivity index (χ0n) is 19.2. The van der Waals surface area contributed by atoms with Crippen LogP contribution in [0, 0.1) is 5.92 Å². The molecule has 1 amide bonds. The lowest BCUT2D eigenvalue weighted by atomic mass is 9.74. The minimum absolute atomic E-state index is 0.183. The quantitative estimate of drug-likeness (QED) is 0.430. The third-order valence-electron chi connectivity index (χ3n) is 6.19. The summed E-state index contributed by atoms with van der Waals surface area (Å²) in [6.45, 7) is 3.84. The first-order valence-electron chi connectivity index (χ1n) is 11.5. The van der Waals surface area contributed by atoms with Gasteiger partial charge >= 0.3 is 11.9 Å². The number of likely N-dealkylation sites (tertiary alicyclic amines) is 1. The first kappa shape index (κ1) is 26.0. The average Bonchev–Trinajstić information content (AvgIpc) is 2.79. The van der Waals surface area contributed by atoms with Gasteiger partial charge in [0.25, 0.3) is 0 Å². The molecule has 1 heterocycles.